The molecule has 0 aromatic heterocycles. The summed E-state index contributed by atoms with van der Waals surface area (Å²) in [6, 6.07) is 0. The van der Waals surface area contributed by atoms with Crippen LogP contribution < -0.4 is 0 Å². The Kier molecular flexibility index (Phi) is 15.8. The van der Waals surface area contributed by atoms with Crippen LogP contribution in [0.2, 0.25) is 0 Å². The van der Waals surface area contributed by atoms with E-state index in [1.165, 1.54) is 103 Å². The van der Waals surface area contributed by atoms with Gasteiger partial charge in [0.25, 0.3) is 0 Å². The molecule has 1 aliphatic heterocycles. The van der Waals surface area contributed by atoms with Gasteiger partial charge in [0.15, 0.2) is 0 Å². The van der Waals surface area contributed by atoms with Gasteiger partial charge < -0.3 is 4.90 Å². The van der Waals surface area contributed by atoms with Gasteiger partial charge in [0.05, 0.1) is 0 Å². The highest BCUT2D eigenvalue weighted by Crippen LogP contribution is 2.14. The zero-order chi connectivity index (χ0) is 18.7. The Labute approximate surface area is 163 Å². The topological polar surface area (TPSA) is 20.3 Å². The maximum absolute atomic E-state index is 11.9. The largest absolute Gasteiger partial charge is 0.343 e. The van der Waals surface area contributed by atoms with Gasteiger partial charge in [-0.15, -0.1) is 0 Å². The quantitative estimate of drug-likeness (QED) is 0.194. The van der Waals surface area contributed by atoms with E-state index >= 15 is 0 Å². The van der Waals surface area contributed by atoms with E-state index in [-0.39, 0.29) is 0 Å². The smallest absolute Gasteiger partial charge is 0.222 e. The molecule has 1 saturated heterocycles. The first-order chi connectivity index (χ1) is 12.8. The van der Waals surface area contributed by atoms with E-state index in [1.807, 2.05) is 0 Å². The predicted octanol–water partition coefficient (Wildman–Crippen LogP) is 7.43. The Morgan fingerprint density at radius 3 is 1.69 bits per heavy atom. The third-order valence-corrected chi connectivity index (χ3v) is 5.61. The van der Waals surface area contributed by atoms with Crippen molar-refractivity contribution < 1.29 is 4.79 Å². The Morgan fingerprint density at radius 1 is 0.692 bits per heavy atom. The molecule has 1 amide bonds. The number of nitrogens with zero attached hydrogens (tertiary/aromatic N) is 1. The monoisotopic (exact) mass is 363 g/mol. The van der Waals surface area contributed by atoms with E-state index in [4.69, 9.17) is 0 Å². The number of carbonyl (C=O) groups is 1. The minimum Gasteiger partial charge on any atom is -0.343 e. The average molecular weight is 364 g/mol. The number of hydrogen-bond acceptors (Lipinski definition) is 1. The third kappa shape index (κ3) is 13.4. The number of hydrogen-bond donors (Lipinski definition) is 0. The summed E-state index contributed by atoms with van der Waals surface area (Å²) in [4.78, 5) is 14.0. The number of rotatable bonds is 17. The molecule has 0 bridgehead atoms. The van der Waals surface area contributed by atoms with Crippen LogP contribution >= 0.6 is 0 Å². The number of carbonyl (C=O) groups excluding carboxylic acids is 1. The summed E-state index contributed by atoms with van der Waals surface area (Å²) >= 11 is 0. The predicted molar refractivity (Wildman–Crippen MR) is 115 cm³/mol. The van der Waals surface area contributed by atoms with Crippen molar-refractivity contribution in [2.75, 3.05) is 13.1 Å². The average Bonchev–Trinajstić information content (AvgIpc) is 3.19. The Morgan fingerprint density at radius 2 is 1.15 bits per heavy atom. The van der Waals surface area contributed by atoms with Gasteiger partial charge in [0, 0.05) is 19.5 Å². The van der Waals surface area contributed by atoms with Gasteiger partial charge in [-0.2, -0.15) is 0 Å². The van der Waals surface area contributed by atoms with Crippen molar-refractivity contribution in [3.05, 3.63) is 12.2 Å². The van der Waals surface area contributed by atoms with Crippen LogP contribution in [0.4, 0.5) is 0 Å². The molecular weight excluding hydrogens is 318 g/mol. The third-order valence-electron chi connectivity index (χ3n) is 5.61. The van der Waals surface area contributed by atoms with Crippen molar-refractivity contribution in [3.63, 3.8) is 0 Å². The summed E-state index contributed by atoms with van der Waals surface area (Å²) < 4.78 is 0. The van der Waals surface area contributed by atoms with Gasteiger partial charge in [-0.05, 0) is 44.9 Å². The van der Waals surface area contributed by atoms with Gasteiger partial charge in [0.1, 0.15) is 0 Å². The van der Waals surface area contributed by atoms with E-state index in [9.17, 15) is 4.79 Å². The first-order valence-corrected chi connectivity index (χ1v) is 11.8. The maximum Gasteiger partial charge on any atom is 0.222 e. The SMILES string of the molecule is CCCCCCC/C=C/CCCCCCCCCCC(=O)N1CCCC1. The van der Waals surface area contributed by atoms with E-state index < -0.39 is 0 Å². The Bertz CT molecular complexity index is 344. The molecule has 0 spiro atoms. The van der Waals surface area contributed by atoms with Gasteiger partial charge in [-0.25, -0.2) is 0 Å². The van der Waals surface area contributed by atoms with E-state index in [2.05, 4.69) is 24.0 Å². The first kappa shape index (κ1) is 23.2. The normalized spacial score (nSPS) is 14.6. The molecular formula is C24H45NO. The van der Waals surface area contributed by atoms with Gasteiger partial charge in [-0.1, -0.05) is 83.3 Å². The van der Waals surface area contributed by atoms with Crippen molar-refractivity contribution in [3.8, 4) is 0 Å². The zero-order valence-corrected chi connectivity index (χ0v) is 17.7. The summed E-state index contributed by atoms with van der Waals surface area (Å²) in [5.74, 6) is 0.400. The highest BCUT2D eigenvalue weighted by Gasteiger charge is 2.16. The van der Waals surface area contributed by atoms with Gasteiger partial charge >= 0.3 is 0 Å². The molecule has 0 unspecified atom stereocenters. The molecule has 1 fully saturated rings. The molecule has 0 radical (unpaired) electrons. The molecule has 26 heavy (non-hydrogen) atoms. The molecule has 0 aromatic rings. The van der Waals surface area contributed by atoms with E-state index in [0.29, 0.717) is 5.91 Å². The molecule has 2 nitrogen and oxygen atoms in total. The standard InChI is InChI=1S/C24H45NO/c1-2-3-4-5-6-7-8-9-10-11-12-13-14-15-16-17-18-21-24(26)25-22-19-20-23-25/h8-9H,2-7,10-23H2,1H3/b9-8+. The van der Waals surface area contributed by atoms with Gasteiger partial charge in [0.2, 0.25) is 5.91 Å². The summed E-state index contributed by atoms with van der Waals surface area (Å²) in [7, 11) is 0. The fraction of sp³-hybridized carbons (Fsp3) is 0.875. The molecule has 2 heteroatoms. The molecule has 152 valence electrons. The summed E-state index contributed by atoms with van der Waals surface area (Å²) in [6.07, 6.45) is 28.0. The van der Waals surface area contributed by atoms with Crippen LogP contribution in [0.3, 0.4) is 0 Å². The molecule has 1 rings (SSSR count). The fourth-order valence-electron chi connectivity index (χ4n) is 3.83. The highest BCUT2D eigenvalue weighted by molar-refractivity contribution is 5.76. The van der Waals surface area contributed by atoms with Crippen molar-refractivity contribution >= 4 is 5.91 Å². The molecule has 0 N–H and O–H groups in total. The van der Waals surface area contributed by atoms with Crippen LogP contribution in [0.5, 0.6) is 0 Å². The lowest BCUT2D eigenvalue weighted by Gasteiger charge is -2.14. The Hall–Kier alpha value is -0.790. The lowest BCUT2D eigenvalue weighted by molar-refractivity contribution is -0.130. The molecule has 0 aromatic carbocycles. The van der Waals surface area contributed by atoms with Crippen molar-refractivity contribution in [1.82, 2.24) is 4.90 Å². The second kappa shape index (κ2) is 17.6. The molecule has 0 aliphatic carbocycles. The second-order valence-electron chi connectivity index (χ2n) is 8.13. The Balaban J connectivity index is 1.73. The summed E-state index contributed by atoms with van der Waals surface area (Å²) in [5.41, 5.74) is 0. The lowest BCUT2D eigenvalue weighted by Crippen LogP contribution is -2.27. The number of allylic oxidation sites excluding steroid dienone is 2. The van der Waals surface area contributed by atoms with Crippen LogP contribution in [-0.4, -0.2) is 23.9 Å². The lowest BCUT2D eigenvalue weighted by atomic mass is 10.1. The van der Waals surface area contributed by atoms with Crippen LogP contribution in [0, 0.1) is 0 Å². The van der Waals surface area contributed by atoms with Crippen molar-refractivity contribution in [1.29, 1.82) is 0 Å². The molecule has 0 atom stereocenters. The van der Waals surface area contributed by atoms with E-state index in [0.717, 1.165) is 25.9 Å². The molecule has 1 aliphatic rings. The van der Waals surface area contributed by atoms with Crippen LogP contribution in [0.25, 0.3) is 0 Å². The van der Waals surface area contributed by atoms with Crippen molar-refractivity contribution in [2.24, 2.45) is 0 Å². The first-order valence-electron chi connectivity index (χ1n) is 11.8. The minimum atomic E-state index is 0.400. The zero-order valence-electron chi connectivity index (χ0n) is 17.7. The van der Waals surface area contributed by atoms with Crippen molar-refractivity contribution in [2.45, 2.75) is 122 Å². The second-order valence-corrected chi connectivity index (χ2v) is 8.13. The maximum atomic E-state index is 11.9. The highest BCUT2D eigenvalue weighted by atomic mass is 16.2. The number of unbranched alkanes of at least 4 members (excludes halogenated alkanes) is 13. The number of likely N-dealkylation sites (tertiary alicyclic amines) is 1. The van der Waals surface area contributed by atoms with Crippen LogP contribution in [0.15, 0.2) is 12.2 Å². The summed E-state index contributed by atoms with van der Waals surface area (Å²) in [5, 5.41) is 0. The molecule has 1 heterocycles. The minimum absolute atomic E-state index is 0.400. The van der Waals surface area contributed by atoms with Gasteiger partial charge in [-0.3, -0.25) is 4.79 Å². The van der Waals surface area contributed by atoms with Crippen LogP contribution in [-0.2, 0) is 4.79 Å². The molecule has 0 saturated carbocycles. The number of amides is 1. The fourth-order valence-corrected chi connectivity index (χ4v) is 3.83. The van der Waals surface area contributed by atoms with E-state index in [1.54, 1.807) is 0 Å². The summed E-state index contributed by atoms with van der Waals surface area (Å²) in [6.45, 7) is 4.29. The van der Waals surface area contributed by atoms with Crippen LogP contribution in [0.1, 0.15) is 122 Å².